The van der Waals surface area contributed by atoms with Crippen LogP contribution >= 0.6 is 0 Å². The summed E-state index contributed by atoms with van der Waals surface area (Å²) in [6.07, 6.45) is 9.37. The molecule has 2 N–H and O–H groups in total. The van der Waals surface area contributed by atoms with E-state index in [-0.39, 0.29) is 52.7 Å². The van der Waals surface area contributed by atoms with Gasteiger partial charge in [0.15, 0.2) is 5.82 Å². The Bertz CT molecular complexity index is 1860. The first kappa shape index (κ1) is 26.4. The van der Waals surface area contributed by atoms with Crippen molar-refractivity contribution < 1.29 is 27.8 Å². The third kappa shape index (κ3) is 4.08. The summed E-state index contributed by atoms with van der Waals surface area (Å²) in [5, 5.41) is 15.2. The summed E-state index contributed by atoms with van der Waals surface area (Å²) in [6.45, 7) is 1.39. The number of anilines is 1. The number of alkyl halides is 1. The van der Waals surface area contributed by atoms with Crippen molar-refractivity contribution in [3.05, 3.63) is 47.5 Å². The number of benzene rings is 3. The topological polar surface area (TPSA) is 79.7 Å². The molecular weight excluding hydrogens is 557 g/mol. The zero-order valence-corrected chi connectivity index (χ0v) is 23.3. The van der Waals surface area contributed by atoms with Gasteiger partial charge in [0.05, 0.1) is 22.5 Å². The van der Waals surface area contributed by atoms with Gasteiger partial charge in [-0.05, 0) is 73.9 Å². The number of hydrogen-bond donors (Lipinski definition) is 2. The fourth-order valence-corrected chi connectivity index (χ4v) is 7.68. The lowest BCUT2D eigenvalue weighted by Gasteiger charge is -2.30. The van der Waals surface area contributed by atoms with Gasteiger partial charge in [0.2, 0.25) is 0 Å². The molecule has 0 bridgehead atoms. The maximum atomic E-state index is 16.8. The second-order valence-corrected chi connectivity index (χ2v) is 12.2. The third-order valence-electron chi connectivity index (χ3n) is 9.62. The van der Waals surface area contributed by atoms with Gasteiger partial charge in [-0.3, -0.25) is 4.90 Å². The van der Waals surface area contributed by atoms with Crippen LogP contribution in [0.4, 0.5) is 19.0 Å². The Morgan fingerprint density at radius 3 is 2.88 bits per heavy atom. The number of aromatic nitrogens is 2. The number of halogens is 3. The summed E-state index contributed by atoms with van der Waals surface area (Å²) in [6, 6.07) is 7.04. The molecule has 2 saturated heterocycles. The highest BCUT2D eigenvalue weighted by atomic mass is 19.1. The quantitative estimate of drug-likeness (QED) is 0.280. The van der Waals surface area contributed by atoms with E-state index in [0.717, 1.165) is 38.6 Å². The average Bonchev–Trinajstić information content (AvgIpc) is 3.64. The van der Waals surface area contributed by atoms with Crippen molar-refractivity contribution in [3.8, 4) is 41.0 Å². The Balaban J connectivity index is 1.32. The van der Waals surface area contributed by atoms with Crippen LogP contribution in [0.3, 0.4) is 0 Å². The van der Waals surface area contributed by atoms with Crippen molar-refractivity contribution in [2.24, 2.45) is 0 Å². The van der Waals surface area contributed by atoms with Gasteiger partial charge in [-0.15, -0.1) is 6.42 Å². The highest BCUT2D eigenvalue weighted by Crippen LogP contribution is 2.46. The smallest absolute Gasteiger partial charge is 0.319 e. The minimum Gasteiger partial charge on any atom is -0.508 e. The van der Waals surface area contributed by atoms with Crippen LogP contribution in [-0.4, -0.2) is 63.5 Å². The molecule has 4 unspecified atom stereocenters. The van der Waals surface area contributed by atoms with Crippen molar-refractivity contribution in [2.45, 2.75) is 62.4 Å². The van der Waals surface area contributed by atoms with Crippen LogP contribution in [0.15, 0.2) is 30.3 Å². The molecule has 1 aliphatic carbocycles. The van der Waals surface area contributed by atoms with Gasteiger partial charge < -0.3 is 19.9 Å². The van der Waals surface area contributed by atoms with Gasteiger partial charge in [-0.2, -0.15) is 9.97 Å². The first-order chi connectivity index (χ1) is 20.8. The molecule has 4 aliphatic rings. The number of hydrogen-bond acceptors (Lipinski definition) is 7. The minimum atomic E-state index is -0.915. The molecule has 3 aliphatic heterocycles. The number of phenolic OH excluding ortho intramolecular Hbond substituents is 1. The maximum Gasteiger partial charge on any atom is 0.319 e. The monoisotopic (exact) mass is 586 g/mol. The number of fused-ring (bicyclic) bond motifs is 3. The van der Waals surface area contributed by atoms with E-state index in [1.54, 1.807) is 6.07 Å². The molecule has 8 rings (SSSR count). The molecule has 10 heteroatoms. The van der Waals surface area contributed by atoms with Crippen molar-refractivity contribution in [1.29, 1.82) is 0 Å². The van der Waals surface area contributed by atoms with Gasteiger partial charge in [0.25, 0.3) is 0 Å². The average molecular weight is 587 g/mol. The number of aromatic hydroxyl groups is 1. The fraction of sp³-hybridized carbons (Fsp3) is 0.394. The van der Waals surface area contributed by atoms with Crippen LogP contribution < -0.4 is 14.8 Å². The summed E-state index contributed by atoms with van der Waals surface area (Å²) >= 11 is 0. The van der Waals surface area contributed by atoms with Crippen LogP contribution in [0.5, 0.6) is 17.5 Å². The lowest BCUT2D eigenvalue weighted by molar-refractivity contribution is 0.107. The van der Waals surface area contributed by atoms with Crippen molar-refractivity contribution in [3.63, 3.8) is 0 Å². The molecule has 3 aromatic carbocycles. The molecule has 0 spiro atoms. The molecule has 4 heterocycles. The Hall–Kier alpha value is -4.23. The summed E-state index contributed by atoms with van der Waals surface area (Å²) in [5.41, 5.74) is -0.239. The summed E-state index contributed by atoms with van der Waals surface area (Å²) in [7, 11) is 0. The van der Waals surface area contributed by atoms with Gasteiger partial charge in [-0.1, -0.05) is 12.0 Å². The molecule has 220 valence electrons. The lowest BCUT2D eigenvalue weighted by Crippen LogP contribution is -2.43. The standard InChI is InChI=1S/C33H29F3N4O3/c1-2-20-23(35)8-7-17-11-19(41)12-21(27(17)20)22-13-26-28-30(29(22)36)38-32(39-31(28)37-24-5-3-6-25(24)43-26)42-16-33-9-4-10-40(33)15-18(34)14-33/h1,7-8,11-13,18,24-25,41H,3-6,9-10,14-16H2,(H,37,38,39). The fourth-order valence-electron chi connectivity index (χ4n) is 7.68. The molecule has 0 amide bonds. The molecule has 3 fully saturated rings. The molecule has 0 radical (unpaired) electrons. The van der Waals surface area contributed by atoms with Crippen LogP contribution in [0.1, 0.15) is 44.1 Å². The zero-order valence-electron chi connectivity index (χ0n) is 23.3. The van der Waals surface area contributed by atoms with Crippen LogP contribution in [0.2, 0.25) is 0 Å². The Morgan fingerprint density at radius 2 is 2.02 bits per heavy atom. The molecule has 43 heavy (non-hydrogen) atoms. The second-order valence-electron chi connectivity index (χ2n) is 12.2. The highest BCUT2D eigenvalue weighted by molar-refractivity contribution is 6.05. The first-order valence-electron chi connectivity index (χ1n) is 14.7. The predicted molar refractivity (Wildman–Crippen MR) is 156 cm³/mol. The van der Waals surface area contributed by atoms with E-state index in [1.807, 2.05) is 0 Å². The van der Waals surface area contributed by atoms with E-state index < -0.39 is 23.3 Å². The number of phenols is 1. The molecule has 1 saturated carbocycles. The Morgan fingerprint density at radius 1 is 1.14 bits per heavy atom. The number of terminal acetylenes is 1. The van der Waals surface area contributed by atoms with Crippen molar-refractivity contribution in [1.82, 2.24) is 14.9 Å². The predicted octanol–water partition coefficient (Wildman–Crippen LogP) is 6.10. The molecule has 1 aromatic heterocycles. The third-order valence-corrected chi connectivity index (χ3v) is 9.62. The Labute approximate surface area is 246 Å². The van der Waals surface area contributed by atoms with E-state index in [9.17, 15) is 13.9 Å². The number of nitrogens with one attached hydrogen (secondary N) is 1. The van der Waals surface area contributed by atoms with E-state index in [1.165, 1.54) is 24.3 Å². The van der Waals surface area contributed by atoms with Gasteiger partial charge in [-0.25, -0.2) is 13.2 Å². The normalized spacial score (nSPS) is 26.0. The zero-order chi connectivity index (χ0) is 29.5. The summed E-state index contributed by atoms with van der Waals surface area (Å²) < 4.78 is 58.6. The van der Waals surface area contributed by atoms with Gasteiger partial charge >= 0.3 is 6.01 Å². The number of nitrogens with zero attached hydrogens (tertiary/aromatic N) is 3. The van der Waals surface area contributed by atoms with Crippen molar-refractivity contribution in [2.75, 3.05) is 25.0 Å². The number of rotatable bonds is 4. The largest absolute Gasteiger partial charge is 0.508 e. The molecule has 4 atom stereocenters. The highest BCUT2D eigenvalue weighted by Gasteiger charge is 2.49. The summed E-state index contributed by atoms with van der Waals surface area (Å²) in [5.74, 6) is 1.70. The van der Waals surface area contributed by atoms with E-state index in [4.69, 9.17) is 15.9 Å². The van der Waals surface area contributed by atoms with E-state index in [0.29, 0.717) is 40.7 Å². The van der Waals surface area contributed by atoms with Gasteiger partial charge in [0, 0.05) is 23.9 Å². The van der Waals surface area contributed by atoms with Crippen molar-refractivity contribution >= 4 is 27.5 Å². The van der Waals surface area contributed by atoms with Gasteiger partial charge in [0.1, 0.15) is 47.5 Å². The lowest BCUT2D eigenvalue weighted by atomic mass is 9.92. The van der Waals surface area contributed by atoms with Crippen LogP contribution in [0.25, 0.3) is 32.8 Å². The van der Waals surface area contributed by atoms with Crippen LogP contribution in [0, 0.1) is 24.0 Å². The molecule has 7 nitrogen and oxygen atoms in total. The first-order valence-corrected chi connectivity index (χ1v) is 14.7. The number of ether oxygens (including phenoxy) is 2. The van der Waals surface area contributed by atoms with E-state index in [2.05, 4.69) is 26.1 Å². The Kier molecular flexibility index (Phi) is 5.92. The maximum absolute atomic E-state index is 16.8. The van der Waals surface area contributed by atoms with Crippen LogP contribution in [-0.2, 0) is 0 Å². The summed E-state index contributed by atoms with van der Waals surface area (Å²) in [4.78, 5) is 11.3. The van der Waals surface area contributed by atoms with E-state index >= 15 is 4.39 Å². The molecular formula is C33H29F3N4O3. The SMILES string of the molecule is C#Cc1c(F)ccc2cc(O)cc(-c3cc4c5c(nc(OCC67CCCN6CC(F)C7)nc5c3F)NC3CCCC3O4)c12. The second kappa shape index (κ2) is 9.64. The molecule has 4 aromatic rings. The minimum absolute atomic E-state index is 0.0203.